The number of carbonyl (C=O) groups excluding carboxylic acids is 1. The van der Waals surface area contributed by atoms with Crippen LogP contribution < -0.4 is 15.4 Å². The zero-order valence-electron chi connectivity index (χ0n) is 14.3. The normalized spacial score (nSPS) is 16.6. The molecule has 2 rings (SSSR count). The van der Waals surface area contributed by atoms with Crippen LogP contribution >= 0.6 is 0 Å². The summed E-state index contributed by atoms with van der Waals surface area (Å²) in [5, 5.41) is 7.73. The summed E-state index contributed by atoms with van der Waals surface area (Å²) in [5.41, 5.74) is -1.14. The Labute approximate surface area is 150 Å². The number of nitrogens with two attached hydrogens (primary N) is 1. The first-order chi connectivity index (χ1) is 12.0. The van der Waals surface area contributed by atoms with Crippen LogP contribution in [0, 0.1) is 5.92 Å². The summed E-state index contributed by atoms with van der Waals surface area (Å²) in [4.78, 5) is 12.9. The molecule has 1 saturated heterocycles. The minimum absolute atomic E-state index is 0.0767. The third kappa shape index (κ3) is 4.88. The molecule has 1 aliphatic heterocycles. The van der Waals surface area contributed by atoms with Crippen molar-refractivity contribution in [3.05, 3.63) is 23.8 Å². The van der Waals surface area contributed by atoms with E-state index < -0.39 is 26.7 Å². The second-order valence-corrected chi connectivity index (χ2v) is 7.84. The fourth-order valence-corrected chi connectivity index (χ4v) is 3.51. The van der Waals surface area contributed by atoms with Crippen LogP contribution in [0.5, 0.6) is 0 Å². The molecule has 0 bridgehead atoms. The van der Waals surface area contributed by atoms with E-state index in [1.807, 2.05) is 6.92 Å². The van der Waals surface area contributed by atoms with Gasteiger partial charge in [0.15, 0.2) is 0 Å². The van der Waals surface area contributed by atoms with E-state index in [0.717, 1.165) is 18.6 Å². The molecule has 1 aromatic rings. The van der Waals surface area contributed by atoms with Crippen LogP contribution in [0.15, 0.2) is 23.1 Å². The molecule has 1 amide bonds. The molecule has 3 N–H and O–H groups in total. The molecule has 0 aliphatic carbocycles. The van der Waals surface area contributed by atoms with E-state index >= 15 is 0 Å². The Hall–Kier alpha value is -1.81. The molecule has 0 spiro atoms. The number of benzene rings is 1. The number of primary sulfonamides is 1. The third-order valence-electron chi connectivity index (χ3n) is 4.36. The minimum Gasteiger partial charge on any atom is -0.371 e. The maximum absolute atomic E-state index is 13.4. The number of sulfonamides is 1. The van der Waals surface area contributed by atoms with Crippen molar-refractivity contribution in [2.75, 3.05) is 24.5 Å². The van der Waals surface area contributed by atoms with Gasteiger partial charge in [0.1, 0.15) is 0 Å². The van der Waals surface area contributed by atoms with Crippen molar-refractivity contribution in [3.63, 3.8) is 0 Å². The molecule has 1 fully saturated rings. The molecular formula is C16H22F3N3O3S. The zero-order chi connectivity index (χ0) is 19.5. The highest BCUT2D eigenvalue weighted by molar-refractivity contribution is 7.89. The number of anilines is 1. The highest BCUT2D eigenvalue weighted by Gasteiger charge is 2.37. The van der Waals surface area contributed by atoms with Crippen molar-refractivity contribution in [3.8, 4) is 0 Å². The Kier molecular flexibility index (Phi) is 6.17. The Morgan fingerprint density at radius 1 is 1.31 bits per heavy atom. The molecular weight excluding hydrogens is 371 g/mol. The molecule has 1 aromatic carbocycles. The number of nitrogens with one attached hydrogen (secondary N) is 1. The van der Waals surface area contributed by atoms with Crippen molar-refractivity contribution in [1.29, 1.82) is 0 Å². The van der Waals surface area contributed by atoms with Gasteiger partial charge in [0.25, 0.3) is 0 Å². The van der Waals surface area contributed by atoms with Crippen LogP contribution in [0.3, 0.4) is 0 Å². The molecule has 1 heterocycles. The lowest BCUT2D eigenvalue weighted by molar-refractivity contribution is -0.137. The molecule has 26 heavy (non-hydrogen) atoms. The lowest BCUT2D eigenvalue weighted by Gasteiger charge is -2.34. The number of hydrogen-bond donors (Lipinski definition) is 2. The minimum atomic E-state index is -4.72. The summed E-state index contributed by atoms with van der Waals surface area (Å²) < 4.78 is 62.9. The topological polar surface area (TPSA) is 92.5 Å². The molecule has 0 radical (unpaired) electrons. The maximum Gasteiger partial charge on any atom is 0.418 e. The smallest absolute Gasteiger partial charge is 0.371 e. The van der Waals surface area contributed by atoms with Gasteiger partial charge in [0.2, 0.25) is 15.9 Å². The number of nitrogens with zero attached hydrogens (tertiary/aromatic N) is 1. The molecule has 0 aromatic heterocycles. The van der Waals surface area contributed by atoms with Gasteiger partial charge in [-0.05, 0) is 37.5 Å². The number of carbonyl (C=O) groups is 1. The summed E-state index contributed by atoms with van der Waals surface area (Å²) in [5.74, 6) is -0.303. The summed E-state index contributed by atoms with van der Waals surface area (Å²) >= 11 is 0. The van der Waals surface area contributed by atoms with Gasteiger partial charge in [-0.1, -0.05) is 6.92 Å². The monoisotopic (exact) mass is 393 g/mol. The average molecular weight is 393 g/mol. The van der Waals surface area contributed by atoms with Gasteiger partial charge >= 0.3 is 6.18 Å². The second-order valence-electron chi connectivity index (χ2n) is 6.27. The number of halogens is 3. The SMILES string of the molecule is CCCNC(=O)C1CCN(c2ccc(S(N)(=O)=O)cc2C(F)(F)F)CC1. The van der Waals surface area contributed by atoms with E-state index in [9.17, 15) is 26.4 Å². The van der Waals surface area contributed by atoms with E-state index in [1.54, 1.807) is 0 Å². The zero-order valence-corrected chi connectivity index (χ0v) is 15.2. The molecule has 0 saturated carbocycles. The number of alkyl halides is 3. The molecule has 10 heteroatoms. The van der Waals surface area contributed by atoms with Gasteiger partial charge in [-0.25, -0.2) is 13.6 Å². The molecule has 0 unspecified atom stereocenters. The van der Waals surface area contributed by atoms with Gasteiger partial charge in [-0.15, -0.1) is 0 Å². The van der Waals surface area contributed by atoms with Crippen molar-refractivity contribution < 1.29 is 26.4 Å². The maximum atomic E-state index is 13.4. The second kappa shape index (κ2) is 7.83. The van der Waals surface area contributed by atoms with Crippen LogP contribution in [0.2, 0.25) is 0 Å². The largest absolute Gasteiger partial charge is 0.418 e. The molecule has 6 nitrogen and oxygen atoms in total. The fraction of sp³-hybridized carbons (Fsp3) is 0.562. The number of hydrogen-bond acceptors (Lipinski definition) is 4. The first-order valence-electron chi connectivity index (χ1n) is 8.30. The third-order valence-corrected chi connectivity index (χ3v) is 5.27. The summed E-state index contributed by atoms with van der Waals surface area (Å²) in [6, 6.07) is 2.75. The Balaban J connectivity index is 2.21. The predicted molar refractivity (Wildman–Crippen MR) is 91.1 cm³/mol. The summed E-state index contributed by atoms with van der Waals surface area (Å²) in [6.07, 6.45) is -3.03. The van der Waals surface area contributed by atoms with Gasteiger partial charge < -0.3 is 10.2 Å². The summed E-state index contributed by atoms with van der Waals surface area (Å²) in [7, 11) is -4.23. The van der Waals surface area contributed by atoms with Crippen LogP contribution in [0.25, 0.3) is 0 Å². The highest BCUT2D eigenvalue weighted by atomic mass is 32.2. The van der Waals surface area contributed by atoms with E-state index in [1.165, 1.54) is 4.90 Å². The van der Waals surface area contributed by atoms with Crippen LogP contribution in [0.4, 0.5) is 18.9 Å². The average Bonchev–Trinajstić information content (AvgIpc) is 2.57. The van der Waals surface area contributed by atoms with Crippen LogP contribution in [0.1, 0.15) is 31.7 Å². The lowest BCUT2D eigenvalue weighted by atomic mass is 9.95. The first kappa shape index (κ1) is 20.5. The quantitative estimate of drug-likeness (QED) is 0.801. The van der Waals surface area contributed by atoms with Crippen molar-refractivity contribution in [2.45, 2.75) is 37.3 Å². The van der Waals surface area contributed by atoms with Gasteiger partial charge in [-0.3, -0.25) is 4.79 Å². The number of rotatable bonds is 5. The van der Waals surface area contributed by atoms with E-state index in [2.05, 4.69) is 5.32 Å². The van der Waals surface area contributed by atoms with E-state index in [-0.39, 0.29) is 30.6 Å². The van der Waals surface area contributed by atoms with Crippen LogP contribution in [-0.4, -0.2) is 34.0 Å². The van der Waals surface area contributed by atoms with Gasteiger partial charge in [0, 0.05) is 31.2 Å². The lowest BCUT2D eigenvalue weighted by Crippen LogP contribution is -2.41. The Bertz CT molecular complexity index is 758. The number of piperidine rings is 1. The van der Waals surface area contributed by atoms with Crippen molar-refractivity contribution in [1.82, 2.24) is 5.32 Å². The standard InChI is InChI=1S/C16H22F3N3O3S/c1-2-7-21-15(23)11-5-8-22(9-6-11)14-4-3-12(26(20,24)25)10-13(14)16(17,18)19/h3-4,10-11H,2,5-9H2,1H3,(H,21,23)(H2,20,24,25). The van der Waals surface area contributed by atoms with Gasteiger partial charge in [0.05, 0.1) is 10.5 Å². The predicted octanol–water partition coefficient (Wildman–Crippen LogP) is 2.10. The van der Waals surface area contributed by atoms with E-state index in [4.69, 9.17) is 5.14 Å². The first-order valence-corrected chi connectivity index (χ1v) is 9.85. The number of amides is 1. The van der Waals surface area contributed by atoms with E-state index in [0.29, 0.717) is 25.5 Å². The van der Waals surface area contributed by atoms with Crippen molar-refractivity contribution >= 4 is 21.6 Å². The Morgan fingerprint density at radius 3 is 2.42 bits per heavy atom. The molecule has 1 aliphatic rings. The highest BCUT2D eigenvalue weighted by Crippen LogP contribution is 2.39. The van der Waals surface area contributed by atoms with Crippen LogP contribution in [-0.2, 0) is 21.0 Å². The van der Waals surface area contributed by atoms with Gasteiger partial charge in [-0.2, -0.15) is 13.2 Å². The molecule has 146 valence electrons. The summed E-state index contributed by atoms with van der Waals surface area (Å²) in [6.45, 7) is 3.07. The fourth-order valence-electron chi connectivity index (χ4n) is 2.97. The Morgan fingerprint density at radius 2 is 1.92 bits per heavy atom. The molecule has 0 atom stereocenters. The van der Waals surface area contributed by atoms with Crippen molar-refractivity contribution in [2.24, 2.45) is 11.1 Å².